The van der Waals surface area contributed by atoms with Crippen molar-refractivity contribution in [3.63, 3.8) is 0 Å². The van der Waals surface area contributed by atoms with Gasteiger partial charge in [0.25, 0.3) is 0 Å². The van der Waals surface area contributed by atoms with Crippen LogP contribution in [0.25, 0.3) is 22.4 Å². The largest absolute Gasteiger partial charge is 0.265 e. The summed E-state index contributed by atoms with van der Waals surface area (Å²) in [5.74, 6) is 0. The summed E-state index contributed by atoms with van der Waals surface area (Å²) in [4.78, 5) is 9.14. The molecule has 0 saturated heterocycles. The fourth-order valence-electron chi connectivity index (χ4n) is 4.76. The molecule has 2 aromatic heterocycles. The highest BCUT2D eigenvalue weighted by atomic mass is 28.3. The highest BCUT2D eigenvalue weighted by Gasteiger charge is 2.45. The zero-order valence-electron chi connectivity index (χ0n) is 14.5. The predicted octanol–water partition coefficient (Wildman–Crippen LogP) is 3.59. The molecule has 0 fully saturated rings. The molecule has 2 nitrogen and oxygen atoms in total. The molecule has 0 radical (unpaired) electrons. The van der Waals surface area contributed by atoms with Gasteiger partial charge in [0.1, 0.15) is 8.07 Å². The maximum absolute atomic E-state index is 4.71. The van der Waals surface area contributed by atoms with Crippen molar-refractivity contribution in [2.45, 2.75) is 32.4 Å². The second-order valence-corrected chi connectivity index (χ2v) is 12.3. The number of fused-ring (bicyclic) bond motifs is 7. The molecule has 5 rings (SSSR count). The third kappa shape index (κ3) is 1.47. The molecule has 0 spiro atoms. The first-order chi connectivity index (χ1) is 11.4. The van der Waals surface area contributed by atoms with E-state index in [-0.39, 0.29) is 5.41 Å². The fraction of sp³-hybridized carbons (Fsp3) is 0.238. The van der Waals surface area contributed by atoms with E-state index in [0.717, 1.165) is 5.69 Å². The van der Waals surface area contributed by atoms with Gasteiger partial charge in [0.2, 0.25) is 0 Å². The van der Waals surface area contributed by atoms with Gasteiger partial charge in [-0.25, -0.2) is 0 Å². The summed E-state index contributed by atoms with van der Waals surface area (Å²) in [7, 11) is -1.67. The van der Waals surface area contributed by atoms with Crippen LogP contribution in [0.1, 0.15) is 25.0 Å². The molecule has 118 valence electrons. The summed E-state index contributed by atoms with van der Waals surface area (Å²) in [5.41, 5.74) is 8.11. The average Bonchev–Trinajstić information content (AvgIpc) is 2.96. The predicted molar refractivity (Wildman–Crippen MR) is 102 cm³/mol. The van der Waals surface area contributed by atoms with Crippen molar-refractivity contribution >= 4 is 18.4 Å². The van der Waals surface area contributed by atoms with Crippen LogP contribution in [0.15, 0.2) is 48.9 Å². The topological polar surface area (TPSA) is 25.8 Å². The Kier molecular flexibility index (Phi) is 2.48. The van der Waals surface area contributed by atoms with Crippen molar-refractivity contribution in [3.8, 4) is 22.4 Å². The molecule has 3 aromatic rings. The Labute approximate surface area is 143 Å². The van der Waals surface area contributed by atoms with Gasteiger partial charge in [0.05, 0.1) is 5.69 Å². The molecule has 3 heteroatoms. The summed E-state index contributed by atoms with van der Waals surface area (Å²) in [6.07, 6.45) is 5.94. The van der Waals surface area contributed by atoms with Crippen LogP contribution in [0.2, 0.25) is 13.1 Å². The molecule has 3 heterocycles. The van der Waals surface area contributed by atoms with Crippen molar-refractivity contribution in [3.05, 3.63) is 60.0 Å². The van der Waals surface area contributed by atoms with Crippen LogP contribution in [-0.2, 0) is 5.41 Å². The summed E-state index contributed by atoms with van der Waals surface area (Å²) in [6.45, 7) is 9.57. The lowest BCUT2D eigenvalue weighted by Crippen LogP contribution is -2.49. The molecule has 2 aliphatic rings. The number of nitrogens with zero attached hydrogens (tertiary/aromatic N) is 2. The van der Waals surface area contributed by atoms with E-state index in [1.165, 1.54) is 33.0 Å². The number of pyridine rings is 2. The van der Waals surface area contributed by atoms with Gasteiger partial charge in [-0.05, 0) is 44.8 Å². The molecular weight excluding hydrogens is 308 g/mol. The van der Waals surface area contributed by atoms with E-state index in [9.17, 15) is 0 Å². The van der Waals surface area contributed by atoms with Gasteiger partial charge >= 0.3 is 0 Å². The molecule has 0 unspecified atom stereocenters. The summed E-state index contributed by atoms with van der Waals surface area (Å²) in [5, 5.41) is 3.01. The van der Waals surface area contributed by atoms with E-state index in [1.807, 2.05) is 12.4 Å². The van der Waals surface area contributed by atoms with Crippen LogP contribution < -0.4 is 10.4 Å². The van der Waals surface area contributed by atoms with Gasteiger partial charge in [-0.2, -0.15) is 0 Å². The first kappa shape index (κ1) is 14.1. The van der Waals surface area contributed by atoms with Crippen molar-refractivity contribution in [2.75, 3.05) is 0 Å². The Morgan fingerprint density at radius 2 is 1.75 bits per heavy atom. The molecule has 0 bridgehead atoms. The van der Waals surface area contributed by atoms with Crippen molar-refractivity contribution in [1.82, 2.24) is 9.97 Å². The Morgan fingerprint density at radius 1 is 0.917 bits per heavy atom. The number of hydrogen-bond acceptors (Lipinski definition) is 2. The average molecular weight is 328 g/mol. The number of hydrogen-bond donors (Lipinski definition) is 0. The van der Waals surface area contributed by atoms with E-state index in [4.69, 9.17) is 4.98 Å². The maximum Gasteiger partial charge on any atom is 0.115 e. The standard InChI is InChI=1S/C21H20N2Si/c1-21(2)15-6-5-10-23-20(15)14-7-8-16-18(19(14)21)13-9-11-22-12-17(13)24(16,3)4/h5-12H,1-4H3. The summed E-state index contributed by atoms with van der Waals surface area (Å²) in [6, 6.07) is 11.2. The SMILES string of the molecule is CC1(C)c2cccnc2-c2ccc3c(c21)-c1ccncc1[Si]3(C)C. The first-order valence-corrected chi connectivity index (χ1v) is 11.5. The van der Waals surface area contributed by atoms with E-state index >= 15 is 0 Å². The summed E-state index contributed by atoms with van der Waals surface area (Å²) >= 11 is 0. The molecule has 1 aliphatic heterocycles. The Balaban J connectivity index is 1.95. The van der Waals surface area contributed by atoms with E-state index in [1.54, 1.807) is 5.19 Å². The van der Waals surface area contributed by atoms with E-state index < -0.39 is 8.07 Å². The van der Waals surface area contributed by atoms with Gasteiger partial charge in [-0.15, -0.1) is 0 Å². The van der Waals surface area contributed by atoms with Crippen LogP contribution in [0.4, 0.5) is 0 Å². The van der Waals surface area contributed by atoms with Crippen molar-refractivity contribution < 1.29 is 0 Å². The van der Waals surface area contributed by atoms with Gasteiger partial charge in [0, 0.05) is 29.6 Å². The lowest BCUT2D eigenvalue weighted by molar-refractivity contribution is 0.661. The lowest BCUT2D eigenvalue weighted by Gasteiger charge is -2.25. The number of rotatable bonds is 0. The molecule has 0 atom stereocenters. The van der Waals surface area contributed by atoms with Crippen LogP contribution in [0.3, 0.4) is 0 Å². The van der Waals surface area contributed by atoms with Crippen molar-refractivity contribution in [2.24, 2.45) is 0 Å². The lowest BCUT2D eigenvalue weighted by atomic mass is 9.79. The van der Waals surface area contributed by atoms with Gasteiger partial charge in [0.15, 0.2) is 0 Å². The summed E-state index contributed by atoms with van der Waals surface area (Å²) < 4.78 is 0. The maximum atomic E-state index is 4.71. The van der Waals surface area contributed by atoms with E-state index in [0.29, 0.717) is 0 Å². The minimum atomic E-state index is -1.67. The monoisotopic (exact) mass is 328 g/mol. The zero-order valence-corrected chi connectivity index (χ0v) is 15.5. The molecule has 1 aromatic carbocycles. The fourth-order valence-corrected chi connectivity index (χ4v) is 7.72. The molecule has 0 N–H and O–H groups in total. The van der Waals surface area contributed by atoms with Gasteiger partial charge in [-0.3, -0.25) is 9.97 Å². The molecule has 24 heavy (non-hydrogen) atoms. The normalized spacial score (nSPS) is 17.8. The minimum absolute atomic E-state index is 0.0143. The second kappa shape index (κ2) is 4.22. The zero-order chi connectivity index (χ0) is 16.7. The number of benzene rings is 1. The quantitative estimate of drug-likeness (QED) is 0.590. The van der Waals surface area contributed by atoms with Crippen molar-refractivity contribution in [1.29, 1.82) is 0 Å². The third-order valence-corrected chi connectivity index (χ3v) is 9.51. The van der Waals surface area contributed by atoms with Crippen LogP contribution in [0, 0.1) is 0 Å². The Hall–Kier alpha value is -2.26. The van der Waals surface area contributed by atoms with Gasteiger partial charge in [-0.1, -0.05) is 45.1 Å². The molecule has 1 aliphatic carbocycles. The van der Waals surface area contributed by atoms with Crippen LogP contribution in [0.5, 0.6) is 0 Å². The van der Waals surface area contributed by atoms with Crippen LogP contribution >= 0.6 is 0 Å². The highest BCUT2D eigenvalue weighted by molar-refractivity contribution is 7.03. The number of aromatic nitrogens is 2. The Morgan fingerprint density at radius 3 is 2.58 bits per heavy atom. The minimum Gasteiger partial charge on any atom is -0.265 e. The van der Waals surface area contributed by atoms with Crippen LogP contribution in [-0.4, -0.2) is 18.0 Å². The highest BCUT2D eigenvalue weighted by Crippen LogP contribution is 2.51. The second-order valence-electron chi connectivity index (χ2n) is 7.98. The molecule has 0 amide bonds. The van der Waals surface area contributed by atoms with E-state index in [2.05, 4.69) is 68.5 Å². The van der Waals surface area contributed by atoms with Gasteiger partial charge < -0.3 is 0 Å². The third-order valence-electron chi connectivity index (χ3n) is 6.00. The first-order valence-electron chi connectivity index (χ1n) is 8.52. The Bertz CT molecular complexity index is 1020. The molecular formula is C21H20N2Si. The molecule has 0 saturated carbocycles. The smallest absolute Gasteiger partial charge is 0.115 e.